The second-order valence-corrected chi connectivity index (χ2v) is 7.09. The first-order chi connectivity index (χ1) is 13.3. The van der Waals surface area contributed by atoms with Gasteiger partial charge >= 0.3 is 0 Å². The summed E-state index contributed by atoms with van der Waals surface area (Å²) in [6, 6.07) is 5.79. The average molecular weight is 399 g/mol. The van der Waals surface area contributed by atoms with Crippen LogP contribution in [0.4, 0.5) is 0 Å². The van der Waals surface area contributed by atoms with Gasteiger partial charge in [0, 0.05) is 18.8 Å². The molecule has 3 rings (SSSR count). The molecule has 2 aromatic heterocycles. The molecule has 0 atom stereocenters. The zero-order valence-corrected chi connectivity index (χ0v) is 17.4. The Kier molecular flexibility index (Phi) is 5.70. The van der Waals surface area contributed by atoms with Crippen molar-refractivity contribution in [3.8, 4) is 5.75 Å². The lowest BCUT2D eigenvalue weighted by Crippen LogP contribution is -2.06. The second kappa shape index (κ2) is 8.02. The smallest absolute Gasteiger partial charge is 0.189 e. The Morgan fingerprint density at radius 2 is 1.96 bits per heavy atom. The van der Waals surface area contributed by atoms with Crippen molar-refractivity contribution in [3.63, 3.8) is 0 Å². The van der Waals surface area contributed by atoms with Gasteiger partial charge in [-0.15, -0.1) is 0 Å². The monoisotopic (exact) mass is 398 g/mol. The highest BCUT2D eigenvalue weighted by molar-refractivity contribution is 6.31. The SMILES string of the molecule is COc1ccc(/C=C/C(=O)c2cn(C)nc2C)cc1Cn1nc(C)c(Cl)c1C. The maximum atomic E-state index is 12.4. The molecule has 146 valence electrons. The van der Waals surface area contributed by atoms with Crippen LogP contribution in [0.2, 0.25) is 5.02 Å². The lowest BCUT2D eigenvalue weighted by atomic mass is 10.1. The molecule has 0 fully saturated rings. The van der Waals surface area contributed by atoms with E-state index >= 15 is 0 Å². The van der Waals surface area contributed by atoms with Gasteiger partial charge in [0.2, 0.25) is 0 Å². The molecule has 0 N–H and O–H groups in total. The summed E-state index contributed by atoms with van der Waals surface area (Å²) < 4.78 is 8.98. The summed E-state index contributed by atoms with van der Waals surface area (Å²) >= 11 is 6.26. The first kappa shape index (κ1) is 19.9. The first-order valence-electron chi connectivity index (χ1n) is 8.89. The highest BCUT2D eigenvalue weighted by atomic mass is 35.5. The molecule has 0 aliphatic rings. The molecule has 1 aromatic carbocycles. The number of aromatic nitrogens is 4. The molecule has 0 aliphatic carbocycles. The molecule has 0 saturated carbocycles. The predicted octanol–water partition coefficient (Wildman–Crippen LogP) is 4.15. The predicted molar refractivity (Wildman–Crippen MR) is 110 cm³/mol. The van der Waals surface area contributed by atoms with E-state index in [-0.39, 0.29) is 5.78 Å². The molecule has 6 nitrogen and oxygen atoms in total. The summed E-state index contributed by atoms with van der Waals surface area (Å²) in [5.74, 6) is 0.684. The third-order valence-corrected chi connectivity index (χ3v) is 5.17. The highest BCUT2D eigenvalue weighted by Crippen LogP contribution is 2.25. The van der Waals surface area contributed by atoms with Crippen molar-refractivity contribution >= 4 is 23.5 Å². The number of aryl methyl sites for hydroxylation is 3. The number of halogens is 1. The molecule has 7 heteroatoms. The van der Waals surface area contributed by atoms with Crippen LogP contribution in [0.3, 0.4) is 0 Å². The summed E-state index contributed by atoms with van der Waals surface area (Å²) in [4.78, 5) is 12.4. The van der Waals surface area contributed by atoms with Gasteiger partial charge < -0.3 is 4.74 Å². The topological polar surface area (TPSA) is 61.9 Å². The first-order valence-corrected chi connectivity index (χ1v) is 9.27. The van der Waals surface area contributed by atoms with E-state index in [4.69, 9.17) is 16.3 Å². The van der Waals surface area contributed by atoms with Crippen molar-refractivity contribution in [1.82, 2.24) is 19.6 Å². The van der Waals surface area contributed by atoms with Gasteiger partial charge in [-0.3, -0.25) is 14.2 Å². The van der Waals surface area contributed by atoms with Crippen LogP contribution in [0.25, 0.3) is 6.08 Å². The van der Waals surface area contributed by atoms with Crippen LogP contribution >= 0.6 is 11.6 Å². The average Bonchev–Trinajstić information content (AvgIpc) is 3.13. The van der Waals surface area contributed by atoms with E-state index in [9.17, 15) is 4.79 Å². The molecule has 28 heavy (non-hydrogen) atoms. The van der Waals surface area contributed by atoms with Gasteiger partial charge in [0.15, 0.2) is 5.78 Å². The van der Waals surface area contributed by atoms with Crippen LogP contribution in [0.5, 0.6) is 5.75 Å². The van der Waals surface area contributed by atoms with E-state index < -0.39 is 0 Å². The molecular formula is C21H23ClN4O2. The number of carbonyl (C=O) groups is 1. The van der Waals surface area contributed by atoms with Crippen molar-refractivity contribution in [2.45, 2.75) is 27.3 Å². The van der Waals surface area contributed by atoms with Crippen molar-refractivity contribution < 1.29 is 9.53 Å². The number of rotatable bonds is 6. The Labute approximate surface area is 169 Å². The fourth-order valence-corrected chi connectivity index (χ4v) is 3.25. The molecule has 0 unspecified atom stereocenters. The lowest BCUT2D eigenvalue weighted by molar-refractivity contribution is 0.104. The summed E-state index contributed by atoms with van der Waals surface area (Å²) in [6.45, 7) is 6.17. The quantitative estimate of drug-likeness (QED) is 0.462. The Morgan fingerprint density at radius 1 is 1.21 bits per heavy atom. The fraction of sp³-hybridized carbons (Fsp3) is 0.286. The molecule has 0 amide bonds. The van der Waals surface area contributed by atoms with Crippen LogP contribution in [0.1, 0.15) is 38.6 Å². The molecule has 0 saturated heterocycles. The van der Waals surface area contributed by atoms with E-state index in [1.807, 2.05) is 43.7 Å². The number of hydrogen-bond acceptors (Lipinski definition) is 4. The number of allylic oxidation sites excluding steroid dienone is 1. The van der Waals surface area contributed by atoms with Crippen molar-refractivity contribution in [2.24, 2.45) is 7.05 Å². The van der Waals surface area contributed by atoms with Gasteiger partial charge in [0.05, 0.1) is 41.3 Å². The molecule has 2 heterocycles. The van der Waals surface area contributed by atoms with Gasteiger partial charge in [-0.1, -0.05) is 23.7 Å². The molecule has 0 bridgehead atoms. The van der Waals surface area contributed by atoms with Gasteiger partial charge in [0.1, 0.15) is 5.75 Å². The zero-order valence-electron chi connectivity index (χ0n) is 16.7. The fourth-order valence-electron chi connectivity index (χ4n) is 3.12. The van der Waals surface area contributed by atoms with Crippen LogP contribution in [-0.4, -0.2) is 32.5 Å². The van der Waals surface area contributed by atoms with Gasteiger partial charge in [-0.05, 0) is 44.5 Å². The minimum atomic E-state index is -0.0757. The Morgan fingerprint density at radius 3 is 2.54 bits per heavy atom. The van der Waals surface area contributed by atoms with E-state index in [0.29, 0.717) is 22.8 Å². The number of carbonyl (C=O) groups excluding carboxylic acids is 1. The van der Waals surface area contributed by atoms with Gasteiger partial charge in [-0.2, -0.15) is 10.2 Å². The molecule has 0 aliphatic heterocycles. The number of benzene rings is 1. The summed E-state index contributed by atoms with van der Waals surface area (Å²) in [7, 11) is 3.44. The van der Waals surface area contributed by atoms with Crippen molar-refractivity contribution in [2.75, 3.05) is 7.11 Å². The van der Waals surface area contributed by atoms with E-state index in [1.165, 1.54) is 0 Å². The number of hydrogen-bond donors (Lipinski definition) is 0. The normalized spacial score (nSPS) is 11.4. The minimum Gasteiger partial charge on any atom is -0.496 e. The maximum Gasteiger partial charge on any atom is 0.189 e. The molecule has 0 spiro atoms. The summed E-state index contributed by atoms with van der Waals surface area (Å²) in [5, 5.41) is 9.37. The molecule has 3 aromatic rings. The van der Waals surface area contributed by atoms with Gasteiger partial charge in [-0.25, -0.2) is 0 Å². The van der Waals surface area contributed by atoms with Crippen LogP contribution < -0.4 is 4.74 Å². The van der Waals surface area contributed by atoms with Crippen LogP contribution in [-0.2, 0) is 13.6 Å². The zero-order chi connectivity index (χ0) is 20.4. The Bertz CT molecular complexity index is 1060. The van der Waals surface area contributed by atoms with Gasteiger partial charge in [0.25, 0.3) is 0 Å². The summed E-state index contributed by atoms with van der Waals surface area (Å²) in [6.07, 6.45) is 5.09. The molecule has 0 radical (unpaired) electrons. The standard InChI is InChI=1S/C21H23ClN4O2/c1-13-18(12-25(4)23-13)19(27)8-6-16-7-9-20(28-5)17(10-16)11-26-15(3)21(22)14(2)24-26/h6-10,12H,11H2,1-5H3/b8-6+. The van der Waals surface area contributed by atoms with Crippen molar-refractivity contribution in [3.05, 3.63) is 69.3 Å². The Balaban J connectivity index is 1.87. The van der Waals surface area contributed by atoms with Crippen LogP contribution in [0, 0.1) is 20.8 Å². The number of methoxy groups -OCH3 is 1. The van der Waals surface area contributed by atoms with E-state index in [0.717, 1.165) is 28.3 Å². The lowest BCUT2D eigenvalue weighted by Gasteiger charge is -2.11. The Hall–Kier alpha value is -2.86. The van der Waals surface area contributed by atoms with E-state index in [1.54, 1.807) is 37.2 Å². The number of nitrogens with zero attached hydrogens (tertiary/aromatic N) is 4. The third kappa shape index (κ3) is 4.02. The van der Waals surface area contributed by atoms with Crippen molar-refractivity contribution in [1.29, 1.82) is 0 Å². The third-order valence-electron chi connectivity index (χ3n) is 4.62. The minimum absolute atomic E-state index is 0.0757. The largest absolute Gasteiger partial charge is 0.496 e. The highest BCUT2D eigenvalue weighted by Gasteiger charge is 2.13. The molecular weight excluding hydrogens is 376 g/mol. The summed E-state index contributed by atoms with van der Waals surface area (Å²) in [5.41, 5.74) is 4.88. The second-order valence-electron chi connectivity index (χ2n) is 6.71. The van der Waals surface area contributed by atoms with E-state index in [2.05, 4.69) is 10.2 Å². The van der Waals surface area contributed by atoms with Crippen LogP contribution in [0.15, 0.2) is 30.5 Å². The number of ether oxygens (including phenoxy) is 1. The number of ketones is 1. The maximum absolute atomic E-state index is 12.4.